The van der Waals surface area contributed by atoms with E-state index in [1.807, 2.05) is 0 Å². The van der Waals surface area contributed by atoms with Crippen LogP contribution in [-0.4, -0.2) is 0 Å². The summed E-state index contributed by atoms with van der Waals surface area (Å²) in [6.07, 6.45) is 0. The molecule has 0 bridgehead atoms. The van der Waals surface area contributed by atoms with Crippen molar-refractivity contribution in [2.75, 3.05) is 4.90 Å². The lowest BCUT2D eigenvalue weighted by molar-refractivity contribution is 0.660. The second kappa shape index (κ2) is 11.3. The van der Waals surface area contributed by atoms with Crippen molar-refractivity contribution in [2.24, 2.45) is 0 Å². The zero-order chi connectivity index (χ0) is 35.3. The fourth-order valence-electron chi connectivity index (χ4n) is 9.73. The van der Waals surface area contributed by atoms with E-state index in [4.69, 9.17) is 0 Å². The van der Waals surface area contributed by atoms with Gasteiger partial charge in [-0.05, 0) is 119 Å². The van der Waals surface area contributed by atoms with Crippen molar-refractivity contribution in [1.29, 1.82) is 0 Å². The number of para-hydroxylation sites is 1. The lowest BCUT2D eigenvalue weighted by atomic mass is 9.80. The topological polar surface area (TPSA) is 3.24 Å². The minimum absolute atomic E-state index is 0.171. The van der Waals surface area contributed by atoms with Crippen molar-refractivity contribution in [3.8, 4) is 22.3 Å². The molecule has 0 saturated heterocycles. The van der Waals surface area contributed by atoms with Gasteiger partial charge in [0.25, 0.3) is 0 Å². The maximum Gasteiger partial charge on any atom is 0.0468 e. The van der Waals surface area contributed by atoms with Crippen LogP contribution < -0.4 is 4.90 Å². The van der Waals surface area contributed by atoms with Gasteiger partial charge in [0.2, 0.25) is 0 Å². The quantitative estimate of drug-likeness (QED) is 0.168. The first kappa shape index (κ1) is 30.2. The van der Waals surface area contributed by atoms with Crippen molar-refractivity contribution in [1.82, 2.24) is 0 Å². The fourth-order valence-corrected chi connectivity index (χ4v) is 9.73. The van der Waals surface area contributed by atoms with Gasteiger partial charge < -0.3 is 4.90 Å². The molecule has 1 nitrogen and oxygen atoms in total. The predicted octanol–water partition coefficient (Wildman–Crippen LogP) is 14.1. The standard InChI is InChI=1S/C52H37N/c1-52(2)48-26-14-25-46(50-43-23-12-10-20-39(43)40-21-11-13-24-44(40)50)51(48)45-30-28-35(32-49(45)52)53(33-15-4-3-5-16-33)34-27-29-42-38-19-7-6-17-36(38)37-18-8-9-22-41(37)47(42)31-34/h3-32,50H,1-2H3. The van der Waals surface area contributed by atoms with Gasteiger partial charge in [0, 0.05) is 28.4 Å². The Morgan fingerprint density at radius 1 is 0.358 bits per heavy atom. The third-order valence-corrected chi connectivity index (χ3v) is 12.1. The molecule has 0 fully saturated rings. The Morgan fingerprint density at radius 2 is 0.868 bits per heavy atom. The van der Waals surface area contributed by atoms with Gasteiger partial charge >= 0.3 is 0 Å². The Bertz CT molecular complexity index is 2850. The molecule has 1 heteroatoms. The maximum atomic E-state index is 2.46. The van der Waals surface area contributed by atoms with Crippen molar-refractivity contribution in [3.05, 3.63) is 210 Å². The molecule has 0 aliphatic heterocycles. The third-order valence-electron chi connectivity index (χ3n) is 12.1. The van der Waals surface area contributed by atoms with Crippen molar-refractivity contribution < 1.29 is 0 Å². The molecule has 0 aromatic heterocycles. The number of hydrogen-bond donors (Lipinski definition) is 0. The SMILES string of the molecule is CC1(C)c2cc(N(c3ccccc3)c3ccc4c5ccccc5c5ccccc5c4c3)ccc2-c2c(C3c4ccccc4-c4ccccc43)cccc21. The van der Waals surface area contributed by atoms with Crippen LogP contribution in [0.15, 0.2) is 182 Å². The van der Waals surface area contributed by atoms with E-state index in [0.29, 0.717) is 0 Å². The summed E-state index contributed by atoms with van der Waals surface area (Å²) >= 11 is 0. The number of nitrogens with zero attached hydrogens (tertiary/aromatic N) is 1. The Kier molecular flexibility index (Phi) is 6.43. The van der Waals surface area contributed by atoms with E-state index < -0.39 is 0 Å². The molecule has 0 amide bonds. The zero-order valence-electron chi connectivity index (χ0n) is 29.8. The Hall–Kier alpha value is -6.44. The second-order valence-corrected chi connectivity index (χ2v) is 15.2. The monoisotopic (exact) mass is 675 g/mol. The molecule has 0 atom stereocenters. The molecule has 0 radical (unpaired) electrons. The Morgan fingerprint density at radius 3 is 1.53 bits per heavy atom. The van der Waals surface area contributed by atoms with Crippen molar-refractivity contribution in [2.45, 2.75) is 25.2 Å². The summed E-state index contributed by atoms with van der Waals surface area (Å²) in [6.45, 7) is 4.81. The Balaban J connectivity index is 1.11. The number of fused-ring (bicyclic) bond motifs is 12. The molecule has 0 spiro atoms. The first-order valence-corrected chi connectivity index (χ1v) is 18.7. The molecule has 53 heavy (non-hydrogen) atoms. The van der Waals surface area contributed by atoms with E-state index in [1.54, 1.807) is 0 Å². The molecule has 9 aromatic carbocycles. The molecule has 9 aromatic rings. The lowest BCUT2D eigenvalue weighted by Crippen LogP contribution is -2.16. The fraction of sp³-hybridized carbons (Fsp3) is 0.0769. The summed E-state index contributed by atoms with van der Waals surface area (Å²) in [5.41, 5.74) is 15.7. The predicted molar refractivity (Wildman–Crippen MR) is 224 cm³/mol. The first-order valence-electron chi connectivity index (χ1n) is 18.7. The first-order chi connectivity index (χ1) is 26.1. The van der Waals surface area contributed by atoms with Gasteiger partial charge in [-0.1, -0.05) is 159 Å². The van der Waals surface area contributed by atoms with Gasteiger partial charge in [0.1, 0.15) is 0 Å². The number of rotatable bonds is 4. The maximum absolute atomic E-state index is 2.46. The molecule has 0 heterocycles. The van der Waals surface area contributed by atoms with Crippen LogP contribution in [0.1, 0.15) is 47.6 Å². The van der Waals surface area contributed by atoms with Crippen LogP contribution in [0.25, 0.3) is 54.6 Å². The molecule has 2 aliphatic rings. The molecular formula is C52H37N. The third kappa shape index (κ3) is 4.31. The minimum Gasteiger partial charge on any atom is -0.310 e. The van der Waals surface area contributed by atoms with E-state index >= 15 is 0 Å². The van der Waals surface area contributed by atoms with Crippen LogP contribution in [-0.2, 0) is 5.41 Å². The molecule has 11 rings (SSSR count). The van der Waals surface area contributed by atoms with E-state index in [2.05, 4.69) is 201 Å². The van der Waals surface area contributed by atoms with Gasteiger partial charge in [-0.3, -0.25) is 0 Å². The minimum atomic E-state index is -0.171. The summed E-state index contributed by atoms with van der Waals surface area (Å²) in [5, 5.41) is 7.72. The normalized spacial score (nSPS) is 13.9. The zero-order valence-corrected chi connectivity index (χ0v) is 29.8. The highest BCUT2D eigenvalue weighted by atomic mass is 15.1. The van der Waals surface area contributed by atoms with Crippen LogP contribution >= 0.6 is 0 Å². The Labute approximate surface area is 310 Å². The summed E-state index contributed by atoms with van der Waals surface area (Å²) in [7, 11) is 0. The van der Waals surface area contributed by atoms with Gasteiger partial charge in [0.15, 0.2) is 0 Å². The summed E-state index contributed by atoms with van der Waals surface area (Å²) in [4.78, 5) is 2.44. The van der Waals surface area contributed by atoms with Crippen LogP contribution in [0.5, 0.6) is 0 Å². The van der Waals surface area contributed by atoms with Gasteiger partial charge in [-0.15, -0.1) is 0 Å². The molecule has 0 unspecified atom stereocenters. The average Bonchev–Trinajstić information content (AvgIpc) is 3.67. The summed E-state index contributed by atoms with van der Waals surface area (Å²) in [6, 6.07) is 67.7. The molecular weight excluding hydrogens is 639 g/mol. The number of anilines is 3. The highest BCUT2D eigenvalue weighted by Gasteiger charge is 2.40. The van der Waals surface area contributed by atoms with Gasteiger partial charge in [-0.25, -0.2) is 0 Å². The van der Waals surface area contributed by atoms with Crippen LogP contribution in [0.4, 0.5) is 17.1 Å². The van der Waals surface area contributed by atoms with E-state index in [-0.39, 0.29) is 11.3 Å². The average molecular weight is 676 g/mol. The van der Waals surface area contributed by atoms with Crippen molar-refractivity contribution >= 4 is 49.4 Å². The van der Waals surface area contributed by atoms with Crippen LogP contribution in [0, 0.1) is 0 Å². The highest BCUT2D eigenvalue weighted by Crippen LogP contribution is 2.57. The lowest BCUT2D eigenvalue weighted by Gasteiger charge is -2.28. The molecule has 250 valence electrons. The largest absolute Gasteiger partial charge is 0.310 e. The van der Waals surface area contributed by atoms with E-state index in [9.17, 15) is 0 Å². The van der Waals surface area contributed by atoms with Crippen LogP contribution in [0.2, 0.25) is 0 Å². The molecule has 0 N–H and O–H groups in total. The van der Waals surface area contributed by atoms with E-state index in [1.165, 1.54) is 88.1 Å². The smallest absolute Gasteiger partial charge is 0.0468 e. The van der Waals surface area contributed by atoms with Gasteiger partial charge in [-0.2, -0.15) is 0 Å². The van der Waals surface area contributed by atoms with Crippen LogP contribution in [0.3, 0.4) is 0 Å². The molecule has 0 saturated carbocycles. The highest BCUT2D eigenvalue weighted by molar-refractivity contribution is 6.25. The van der Waals surface area contributed by atoms with Crippen molar-refractivity contribution in [3.63, 3.8) is 0 Å². The van der Waals surface area contributed by atoms with E-state index in [0.717, 1.165) is 11.4 Å². The number of hydrogen-bond acceptors (Lipinski definition) is 1. The number of benzene rings is 9. The molecule has 2 aliphatic carbocycles. The summed E-state index contributed by atoms with van der Waals surface area (Å²) in [5.74, 6) is 0.197. The van der Waals surface area contributed by atoms with Gasteiger partial charge in [0.05, 0.1) is 0 Å². The second-order valence-electron chi connectivity index (χ2n) is 15.2. The summed E-state index contributed by atoms with van der Waals surface area (Å²) < 4.78 is 0.